The van der Waals surface area contributed by atoms with Crippen LogP contribution in [0.3, 0.4) is 0 Å². The molecule has 0 aliphatic carbocycles. The number of methoxy groups -OCH3 is 1. The molecule has 0 atom stereocenters. The molecule has 0 unspecified atom stereocenters. The Labute approximate surface area is 53.7 Å². The van der Waals surface area contributed by atoms with Crippen LogP contribution in [0.15, 0.2) is 6.20 Å². The van der Waals surface area contributed by atoms with E-state index in [1.54, 1.807) is 20.2 Å². The van der Waals surface area contributed by atoms with Crippen LogP contribution in [0, 0.1) is 13.1 Å². The number of nitrogens with zero attached hydrogens (tertiary/aromatic N) is 2. The summed E-state index contributed by atoms with van der Waals surface area (Å²) in [5, 5.41) is 0. The van der Waals surface area contributed by atoms with Gasteiger partial charge in [-0.05, 0) is 6.92 Å². The molecule has 0 aliphatic rings. The topological polar surface area (TPSA) is 35.0 Å². The third kappa shape index (κ3) is 1.38. The maximum atomic E-state index is 4.79. The zero-order chi connectivity index (χ0) is 6.69. The van der Waals surface area contributed by atoms with Crippen molar-refractivity contribution in [1.29, 1.82) is 0 Å². The first-order chi connectivity index (χ1) is 4.33. The molecule has 1 heterocycles. The van der Waals surface area contributed by atoms with Crippen molar-refractivity contribution < 1.29 is 4.74 Å². The van der Waals surface area contributed by atoms with Crippen molar-refractivity contribution in [2.75, 3.05) is 7.11 Å². The van der Waals surface area contributed by atoms with E-state index in [0.29, 0.717) is 11.6 Å². The lowest BCUT2D eigenvalue weighted by Gasteiger charge is -1.94. The lowest BCUT2D eigenvalue weighted by molar-refractivity contribution is 0.409. The Hall–Kier alpha value is -1.12. The SMILES string of the molecule is COc1[c]nc(C)nc1. The predicted octanol–water partition coefficient (Wildman–Crippen LogP) is 0.594. The molecular weight excluding hydrogens is 116 g/mol. The van der Waals surface area contributed by atoms with Crippen LogP contribution in [-0.4, -0.2) is 17.1 Å². The first-order valence-corrected chi connectivity index (χ1v) is 2.58. The van der Waals surface area contributed by atoms with Crippen LogP contribution in [-0.2, 0) is 0 Å². The average molecular weight is 123 g/mol. The van der Waals surface area contributed by atoms with Crippen LogP contribution in [0.25, 0.3) is 0 Å². The minimum atomic E-state index is 0.570. The van der Waals surface area contributed by atoms with Gasteiger partial charge in [0.2, 0.25) is 0 Å². The van der Waals surface area contributed by atoms with Crippen molar-refractivity contribution in [3.05, 3.63) is 18.2 Å². The monoisotopic (exact) mass is 123 g/mol. The second kappa shape index (κ2) is 2.44. The molecule has 1 radical (unpaired) electrons. The lowest BCUT2D eigenvalue weighted by Crippen LogP contribution is -1.89. The Morgan fingerprint density at radius 2 is 2.44 bits per heavy atom. The number of hydrogen-bond acceptors (Lipinski definition) is 3. The first-order valence-electron chi connectivity index (χ1n) is 2.58. The van der Waals surface area contributed by atoms with E-state index in [2.05, 4.69) is 16.2 Å². The molecule has 1 aromatic heterocycles. The number of rotatable bonds is 1. The van der Waals surface area contributed by atoms with Gasteiger partial charge >= 0.3 is 0 Å². The molecule has 3 heteroatoms. The number of aryl methyl sites for hydroxylation is 1. The van der Waals surface area contributed by atoms with E-state index < -0.39 is 0 Å². The molecule has 47 valence electrons. The highest BCUT2D eigenvalue weighted by Crippen LogP contribution is 2.01. The largest absolute Gasteiger partial charge is 0.493 e. The van der Waals surface area contributed by atoms with E-state index in [1.165, 1.54) is 0 Å². The van der Waals surface area contributed by atoms with Crippen molar-refractivity contribution in [2.45, 2.75) is 6.92 Å². The van der Waals surface area contributed by atoms with Gasteiger partial charge in [-0.2, -0.15) is 0 Å². The molecule has 0 fully saturated rings. The zero-order valence-corrected chi connectivity index (χ0v) is 5.38. The van der Waals surface area contributed by atoms with Gasteiger partial charge in [-0.25, -0.2) is 9.97 Å². The normalized spacial score (nSPS) is 9.11. The van der Waals surface area contributed by atoms with Gasteiger partial charge in [0, 0.05) is 0 Å². The second-order valence-corrected chi connectivity index (χ2v) is 1.60. The Kier molecular flexibility index (Phi) is 1.63. The van der Waals surface area contributed by atoms with Crippen LogP contribution in [0.2, 0.25) is 0 Å². The summed E-state index contributed by atoms with van der Waals surface area (Å²) in [5.41, 5.74) is 0. The van der Waals surface area contributed by atoms with E-state index in [1.807, 2.05) is 0 Å². The smallest absolute Gasteiger partial charge is 0.165 e. The molecule has 0 saturated carbocycles. The van der Waals surface area contributed by atoms with Gasteiger partial charge in [0.25, 0.3) is 0 Å². The van der Waals surface area contributed by atoms with Crippen LogP contribution in [0.1, 0.15) is 5.82 Å². The zero-order valence-electron chi connectivity index (χ0n) is 5.38. The van der Waals surface area contributed by atoms with Crippen molar-refractivity contribution in [3.63, 3.8) is 0 Å². The molecule has 0 saturated heterocycles. The van der Waals surface area contributed by atoms with E-state index in [9.17, 15) is 0 Å². The average Bonchev–Trinajstić information content (AvgIpc) is 1.90. The maximum absolute atomic E-state index is 4.79. The van der Waals surface area contributed by atoms with Gasteiger partial charge in [-0.15, -0.1) is 0 Å². The Morgan fingerprint density at radius 1 is 1.67 bits per heavy atom. The van der Waals surface area contributed by atoms with Gasteiger partial charge in [-0.3, -0.25) is 0 Å². The highest BCUT2D eigenvalue weighted by atomic mass is 16.5. The Morgan fingerprint density at radius 3 is 2.89 bits per heavy atom. The van der Waals surface area contributed by atoms with E-state index >= 15 is 0 Å². The first kappa shape index (κ1) is 6.01. The number of aromatic nitrogens is 2. The highest BCUT2D eigenvalue weighted by molar-refractivity contribution is 5.09. The van der Waals surface area contributed by atoms with Gasteiger partial charge in [0.15, 0.2) is 5.75 Å². The van der Waals surface area contributed by atoms with Crippen molar-refractivity contribution in [1.82, 2.24) is 9.97 Å². The van der Waals surface area contributed by atoms with Crippen LogP contribution < -0.4 is 4.74 Å². The van der Waals surface area contributed by atoms with Crippen molar-refractivity contribution in [2.24, 2.45) is 0 Å². The molecule has 0 amide bonds. The van der Waals surface area contributed by atoms with E-state index in [0.717, 1.165) is 0 Å². The number of ether oxygens (including phenoxy) is 1. The van der Waals surface area contributed by atoms with Crippen LogP contribution in [0.4, 0.5) is 0 Å². The molecule has 0 aromatic carbocycles. The quantitative estimate of drug-likeness (QED) is 0.548. The van der Waals surface area contributed by atoms with E-state index in [4.69, 9.17) is 4.74 Å². The lowest BCUT2D eigenvalue weighted by atomic mass is 10.6. The highest BCUT2D eigenvalue weighted by Gasteiger charge is 1.89. The van der Waals surface area contributed by atoms with Gasteiger partial charge in [0.1, 0.15) is 12.0 Å². The predicted molar refractivity (Wildman–Crippen MR) is 32.2 cm³/mol. The van der Waals surface area contributed by atoms with E-state index in [-0.39, 0.29) is 0 Å². The molecule has 0 spiro atoms. The van der Waals surface area contributed by atoms with Crippen molar-refractivity contribution in [3.8, 4) is 5.75 Å². The van der Waals surface area contributed by atoms with Gasteiger partial charge in [-0.1, -0.05) is 0 Å². The summed E-state index contributed by atoms with van der Waals surface area (Å²) < 4.78 is 4.79. The summed E-state index contributed by atoms with van der Waals surface area (Å²) in [5.74, 6) is 1.27. The fourth-order valence-electron chi connectivity index (χ4n) is 0.444. The minimum Gasteiger partial charge on any atom is -0.493 e. The Balaban J connectivity index is 2.88. The summed E-state index contributed by atoms with van der Waals surface area (Å²) in [6.07, 6.45) is 4.24. The van der Waals surface area contributed by atoms with Crippen LogP contribution in [0.5, 0.6) is 5.75 Å². The second-order valence-electron chi connectivity index (χ2n) is 1.60. The van der Waals surface area contributed by atoms with Gasteiger partial charge < -0.3 is 4.74 Å². The van der Waals surface area contributed by atoms with Crippen LogP contribution >= 0.6 is 0 Å². The summed E-state index contributed by atoms with van der Waals surface area (Å²) in [6.45, 7) is 1.80. The molecule has 3 nitrogen and oxygen atoms in total. The molecule has 0 N–H and O–H groups in total. The third-order valence-corrected chi connectivity index (χ3v) is 0.916. The fraction of sp³-hybridized carbons (Fsp3) is 0.333. The maximum Gasteiger partial charge on any atom is 0.165 e. The summed E-state index contributed by atoms with van der Waals surface area (Å²) in [6, 6.07) is 0. The third-order valence-electron chi connectivity index (χ3n) is 0.916. The molecule has 0 aliphatic heterocycles. The van der Waals surface area contributed by atoms with Gasteiger partial charge in [0.05, 0.1) is 13.3 Å². The fourth-order valence-corrected chi connectivity index (χ4v) is 0.444. The number of hydrogen-bond donors (Lipinski definition) is 0. The molecule has 1 aromatic rings. The van der Waals surface area contributed by atoms with Crippen molar-refractivity contribution >= 4 is 0 Å². The Bertz CT molecular complexity index is 183. The summed E-state index contributed by atoms with van der Waals surface area (Å²) >= 11 is 0. The summed E-state index contributed by atoms with van der Waals surface area (Å²) in [4.78, 5) is 7.67. The molecule has 1 rings (SSSR count). The summed E-state index contributed by atoms with van der Waals surface area (Å²) in [7, 11) is 1.56. The standard InChI is InChI=1S/C6H7N2O/c1-5-7-3-6(9-2)4-8-5/h3H,1-2H3. The molecular formula is C6H7N2O. The molecule has 0 bridgehead atoms. The minimum absolute atomic E-state index is 0.570. The molecule has 9 heavy (non-hydrogen) atoms.